The number of ether oxygens (including phenoxy) is 1. The van der Waals surface area contributed by atoms with Crippen molar-refractivity contribution in [1.82, 2.24) is 15.6 Å². The average molecular weight is 365 g/mol. The second kappa shape index (κ2) is 9.12. The number of benzene rings is 2. The van der Waals surface area contributed by atoms with E-state index in [1.165, 1.54) is 16.5 Å². The topological polar surface area (TPSA) is 66.2 Å². The standard InChI is InChI=1S/C22H27N3O2/c1-16(2)17-7-9-19(10-8-17)27-14-13-24-22(26)23-12-11-18-15-25-21-6-4-3-5-20(18)21/h3-10,15-16,25H,11-14H2,1-2H3,(H2,23,24,26). The van der Waals surface area contributed by atoms with Crippen LogP contribution in [-0.2, 0) is 6.42 Å². The minimum Gasteiger partial charge on any atom is -0.492 e. The van der Waals surface area contributed by atoms with E-state index in [-0.39, 0.29) is 6.03 Å². The largest absolute Gasteiger partial charge is 0.492 e. The first-order chi connectivity index (χ1) is 13.1. The molecule has 3 N–H and O–H groups in total. The first kappa shape index (κ1) is 18.8. The first-order valence-electron chi connectivity index (χ1n) is 9.43. The zero-order chi connectivity index (χ0) is 19.1. The Hall–Kier alpha value is -2.95. The van der Waals surface area contributed by atoms with Crippen LogP contribution in [0.5, 0.6) is 5.75 Å². The Balaban J connectivity index is 1.33. The number of hydrogen-bond donors (Lipinski definition) is 3. The molecule has 142 valence electrons. The van der Waals surface area contributed by atoms with Crippen LogP contribution < -0.4 is 15.4 Å². The fourth-order valence-electron chi connectivity index (χ4n) is 2.99. The van der Waals surface area contributed by atoms with Gasteiger partial charge in [0.1, 0.15) is 12.4 Å². The molecule has 0 saturated carbocycles. The van der Waals surface area contributed by atoms with E-state index in [0.717, 1.165) is 17.7 Å². The van der Waals surface area contributed by atoms with Gasteiger partial charge < -0.3 is 20.4 Å². The molecule has 0 spiro atoms. The molecule has 5 nitrogen and oxygen atoms in total. The molecule has 3 aromatic rings. The highest BCUT2D eigenvalue weighted by Crippen LogP contribution is 2.19. The summed E-state index contributed by atoms with van der Waals surface area (Å²) in [6.07, 6.45) is 2.79. The summed E-state index contributed by atoms with van der Waals surface area (Å²) >= 11 is 0. The average Bonchev–Trinajstić information content (AvgIpc) is 3.09. The van der Waals surface area contributed by atoms with Crippen molar-refractivity contribution in [2.45, 2.75) is 26.2 Å². The van der Waals surface area contributed by atoms with Gasteiger partial charge in [-0.2, -0.15) is 0 Å². The van der Waals surface area contributed by atoms with Crippen molar-refractivity contribution >= 4 is 16.9 Å². The van der Waals surface area contributed by atoms with Gasteiger partial charge in [0, 0.05) is 23.6 Å². The van der Waals surface area contributed by atoms with Crippen molar-refractivity contribution in [3.8, 4) is 5.75 Å². The van der Waals surface area contributed by atoms with Crippen molar-refractivity contribution in [3.05, 3.63) is 65.9 Å². The molecule has 2 aromatic carbocycles. The molecule has 27 heavy (non-hydrogen) atoms. The van der Waals surface area contributed by atoms with Crippen LogP contribution in [0.25, 0.3) is 10.9 Å². The molecule has 1 aromatic heterocycles. The van der Waals surface area contributed by atoms with Gasteiger partial charge in [0.25, 0.3) is 0 Å². The Morgan fingerprint density at radius 1 is 1.04 bits per heavy atom. The minimum atomic E-state index is -0.173. The smallest absolute Gasteiger partial charge is 0.314 e. The monoisotopic (exact) mass is 365 g/mol. The number of hydrogen-bond acceptors (Lipinski definition) is 2. The van der Waals surface area contributed by atoms with E-state index in [2.05, 4.69) is 53.7 Å². The maximum Gasteiger partial charge on any atom is 0.314 e. The third-order valence-electron chi connectivity index (χ3n) is 4.56. The van der Waals surface area contributed by atoms with Gasteiger partial charge in [-0.1, -0.05) is 44.2 Å². The Bertz CT molecular complexity index is 869. The molecule has 0 aliphatic carbocycles. The zero-order valence-corrected chi connectivity index (χ0v) is 15.9. The van der Waals surface area contributed by atoms with Crippen molar-refractivity contribution in [1.29, 1.82) is 0 Å². The minimum absolute atomic E-state index is 0.173. The zero-order valence-electron chi connectivity index (χ0n) is 15.9. The maximum atomic E-state index is 11.9. The lowest BCUT2D eigenvalue weighted by molar-refractivity contribution is 0.236. The van der Waals surface area contributed by atoms with Crippen LogP contribution in [-0.4, -0.2) is 30.7 Å². The lowest BCUT2D eigenvalue weighted by Crippen LogP contribution is -2.38. The molecule has 0 unspecified atom stereocenters. The van der Waals surface area contributed by atoms with Crippen LogP contribution in [0.1, 0.15) is 30.9 Å². The van der Waals surface area contributed by atoms with E-state index in [9.17, 15) is 4.79 Å². The number of carbonyl (C=O) groups is 1. The number of para-hydroxylation sites is 1. The van der Waals surface area contributed by atoms with E-state index < -0.39 is 0 Å². The Morgan fingerprint density at radius 2 is 1.78 bits per heavy atom. The number of H-pyrrole nitrogens is 1. The van der Waals surface area contributed by atoms with Crippen LogP contribution in [0.2, 0.25) is 0 Å². The Labute approximate surface area is 160 Å². The summed E-state index contributed by atoms with van der Waals surface area (Å²) in [5.41, 5.74) is 3.62. The number of aromatic amines is 1. The fraction of sp³-hybridized carbons (Fsp3) is 0.318. The van der Waals surface area contributed by atoms with E-state index in [4.69, 9.17) is 4.74 Å². The summed E-state index contributed by atoms with van der Waals surface area (Å²) < 4.78 is 5.66. The second-order valence-electron chi connectivity index (χ2n) is 6.86. The quantitative estimate of drug-likeness (QED) is 0.524. The molecule has 0 saturated heterocycles. The molecule has 0 fully saturated rings. The third kappa shape index (κ3) is 5.26. The number of fused-ring (bicyclic) bond motifs is 1. The molecule has 2 amide bonds. The summed E-state index contributed by atoms with van der Waals surface area (Å²) in [7, 11) is 0. The van der Waals surface area contributed by atoms with E-state index in [0.29, 0.717) is 25.6 Å². The van der Waals surface area contributed by atoms with E-state index in [1.807, 2.05) is 30.5 Å². The molecule has 0 bridgehead atoms. The van der Waals surface area contributed by atoms with Gasteiger partial charge in [-0.15, -0.1) is 0 Å². The number of carbonyl (C=O) groups excluding carboxylic acids is 1. The lowest BCUT2D eigenvalue weighted by atomic mass is 10.0. The van der Waals surface area contributed by atoms with Gasteiger partial charge in [0.2, 0.25) is 0 Å². The number of amides is 2. The van der Waals surface area contributed by atoms with Crippen LogP contribution >= 0.6 is 0 Å². The number of urea groups is 1. The van der Waals surface area contributed by atoms with E-state index >= 15 is 0 Å². The molecule has 1 heterocycles. The van der Waals surface area contributed by atoms with Crippen molar-refractivity contribution in [2.75, 3.05) is 19.7 Å². The third-order valence-corrected chi connectivity index (χ3v) is 4.56. The highest BCUT2D eigenvalue weighted by Gasteiger charge is 2.04. The predicted molar refractivity (Wildman–Crippen MR) is 109 cm³/mol. The van der Waals surface area contributed by atoms with Gasteiger partial charge in [-0.3, -0.25) is 0 Å². The Morgan fingerprint density at radius 3 is 2.56 bits per heavy atom. The predicted octanol–water partition coefficient (Wildman–Crippen LogP) is 4.21. The van der Waals surface area contributed by atoms with Gasteiger partial charge in [-0.05, 0) is 41.7 Å². The maximum absolute atomic E-state index is 11.9. The van der Waals surface area contributed by atoms with Crippen LogP contribution in [0.3, 0.4) is 0 Å². The molecule has 3 rings (SSSR count). The molecule has 0 aliphatic rings. The highest BCUT2D eigenvalue weighted by atomic mass is 16.5. The normalized spacial score (nSPS) is 10.9. The summed E-state index contributed by atoms with van der Waals surface area (Å²) in [6.45, 7) is 5.82. The van der Waals surface area contributed by atoms with Crippen LogP contribution in [0.15, 0.2) is 54.7 Å². The molecule has 0 atom stereocenters. The van der Waals surface area contributed by atoms with Crippen molar-refractivity contribution in [2.24, 2.45) is 0 Å². The molecular formula is C22H27N3O2. The summed E-state index contributed by atoms with van der Waals surface area (Å²) in [6, 6.07) is 16.1. The molecular weight excluding hydrogens is 338 g/mol. The van der Waals surface area contributed by atoms with Crippen LogP contribution in [0.4, 0.5) is 4.79 Å². The number of nitrogens with one attached hydrogen (secondary N) is 3. The van der Waals surface area contributed by atoms with Gasteiger partial charge in [-0.25, -0.2) is 4.79 Å². The van der Waals surface area contributed by atoms with Crippen molar-refractivity contribution < 1.29 is 9.53 Å². The summed E-state index contributed by atoms with van der Waals surface area (Å²) in [4.78, 5) is 15.1. The van der Waals surface area contributed by atoms with Gasteiger partial charge in [0.05, 0.1) is 6.54 Å². The number of aromatic nitrogens is 1. The van der Waals surface area contributed by atoms with Gasteiger partial charge in [0.15, 0.2) is 0 Å². The summed E-state index contributed by atoms with van der Waals surface area (Å²) in [5, 5.41) is 6.91. The molecule has 0 aliphatic heterocycles. The SMILES string of the molecule is CC(C)c1ccc(OCCNC(=O)NCCc2c[nH]c3ccccc23)cc1. The molecule has 5 heteroatoms. The highest BCUT2D eigenvalue weighted by molar-refractivity contribution is 5.83. The second-order valence-corrected chi connectivity index (χ2v) is 6.86. The number of rotatable bonds is 8. The van der Waals surface area contributed by atoms with Gasteiger partial charge >= 0.3 is 6.03 Å². The van der Waals surface area contributed by atoms with E-state index in [1.54, 1.807) is 0 Å². The fourth-order valence-corrected chi connectivity index (χ4v) is 2.99. The van der Waals surface area contributed by atoms with Crippen LogP contribution in [0, 0.1) is 0 Å². The first-order valence-corrected chi connectivity index (χ1v) is 9.43. The Kier molecular flexibility index (Phi) is 6.36. The molecule has 0 radical (unpaired) electrons. The van der Waals surface area contributed by atoms with Crippen molar-refractivity contribution in [3.63, 3.8) is 0 Å². The summed E-state index contributed by atoms with van der Waals surface area (Å²) in [5.74, 6) is 1.33. The lowest BCUT2D eigenvalue weighted by Gasteiger charge is -2.10.